The van der Waals surface area contributed by atoms with Crippen molar-refractivity contribution in [2.75, 3.05) is 13.1 Å². The molecular weight excluding hydrogens is 338 g/mol. The average Bonchev–Trinajstić information content (AvgIpc) is 3.07. The van der Waals surface area contributed by atoms with Gasteiger partial charge in [0, 0.05) is 26.3 Å². The van der Waals surface area contributed by atoms with Crippen molar-refractivity contribution in [3.63, 3.8) is 0 Å². The Hall–Kier alpha value is -2.56. The number of phenols is 1. The van der Waals surface area contributed by atoms with Crippen LogP contribution < -0.4 is 0 Å². The maximum Gasteiger partial charge on any atom is 0.257 e. The monoisotopic (exact) mass is 367 g/mol. The zero-order chi connectivity index (χ0) is 19.7. The first-order valence-corrected chi connectivity index (χ1v) is 9.63. The fourth-order valence-electron chi connectivity index (χ4n) is 3.56. The van der Waals surface area contributed by atoms with Crippen molar-refractivity contribution in [3.05, 3.63) is 52.9 Å². The van der Waals surface area contributed by atoms with Gasteiger partial charge in [0.1, 0.15) is 5.75 Å². The number of hydrogen-bond donors (Lipinski definition) is 1. The summed E-state index contributed by atoms with van der Waals surface area (Å²) in [5, 5.41) is 15.0. The van der Waals surface area contributed by atoms with E-state index in [1.54, 1.807) is 6.20 Å². The zero-order valence-corrected chi connectivity index (χ0v) is 16.9. The number of aromatic hydroxyl groups is 1. The molecule has 1 aliphatic heterocycles. The number of aryl methyl sites for hydroxylation is 1. The molecule has 0 aliphatic carbocycles. The van der Waals surface area contributed by atoms with Crippen molar-refractivity contribution in [3.8, 4) is 5.75 Å². The molecular formula is C22H29N3O2. The lowest BCUT2D eigenvalue weighted by molar-refractivity contribution is 0.0769. The van der Waals surface area contributed by atoms with E-state index < -0.39 is 0 Å². The van der Waals surface area contributed by atoms with Gasteiger partial charge in [-0.25, -0.2) is 0 Å². The largest absolute Gasteiger partial charge is 0.507 e. The van der Waals surface area contributed by atoms with Gasteiger partial charge in [0.05, 0.1) is 11.3 Å². The number of nitrogens with zero attached hydrogens (tertiary/aromatic N) is 3. The standard InChI is InChI=1S/C22H29N3O2/c1-14(2)17-12-18(15(3)4)21(26)19(13-17)22(27)25-10-7-16(8-11-25)20-6-9-23-24(20)5/h6-7,9,12-15,26H,8,10-11H2,1-5H3. The Balaban J connectivity index is 1.88. The number of amides is 1. The molecule has 1 aromatic carbocycles. The minimum absolute atomic E-state index is 0.0998. The Morgan fingerprint density at radius 1 is 1.19 bits per heavy atom. The smallest absolute Gasteiger partial charge is 0.257 e. The molecule has 1 aromatic heterocycles. The Kier molecular flexibility index (Phi) is 5.40. The lowest BCUT2D eigenvalue weighted by Crippen LogP contribution is -2.35. The van der Waals surface area contributed by atoms with Gasteiger partial charge in [-0.2, -0.15) is 5.10 Å². The maximum atomic E-state index is 13.1. The van der Waals surface area contributed by atoms with Crippen molar-refractivity contribution in [1.29, 1.82) is 0 Å². The summed E-state index contributed by atoms with van der Waals surface area (Å²) >= 11 is 0. The quantitative estimate of drug-likeness (QED) is 0.876. The first kappa shape index (κ1) is 19.2. The van der Waals surface area contributed by atoms with Gasteiger partial charge in [-0.3, -0.25) is 9.48 Å². The fourth-order valence-corrected chi connectivity index (χ4v) is 3.56. The highest BCUT2D eigenvalue weighted by molar-refractivity contribution is 5.98. The van der Waals surface area contributed by atoms with E-state index in [1.165, 1.54) is 5.57 Å². The minimum atomic E-state index is -0.0998. The lowest BCUT2D eigenvalue weighted by Gasteiger charge is -2.28. The van der Waals surface area contributed by atoms with Crippen LogP contribution in [0.25, 0.3) is 5.57 Å². The predicted molar refractivity (Wildman–Crippen MR) is 108 cm³/mol. The van der Waals surface area contributed by atoms with E-state index in [1.807, 2.05) is 48.7 Å². The third kappa shape index (κ3) is 3.77. The molecule has 27 heavy (non-hydrogen) atoms. The lowest BCUT2D eigenvalue weighted by atomic mass is 9.91. The number of benzene rings is 1. The van der Waals surface area contributed by atoms with Crippen LogP contribution in [0, 0.1) is 0 Å². The molecule has 5 nitrogen and oxygen atoms in total. The van der Waals surface area contributed by atoms with Crippen molar-refractivity contribution >= 4 is 11.5 Å². The predicted octanol–water partition coefficient (Wildman–Crippen LogP) is 4.30. The third-order valence-corrected chi connectivity index (χ3v) is 5.33. The van der Waals surface area contributed by atoms with Gasteiger partial charge in [-0.1, -0.05) is 39.8 Å². The van der Waals surface area contributed by atoms with Crippen LogP contribution in [0.1, 0.15) is 73.1 Å². The van der Waals surface area contributed by atoms with Crippen LogP contribution in [-0.4, -0.2) is 38.8 Å². The minimum Gasteiger partial charge on any atom is -0.507 e. The van der Waals surface area contributed by atoms with E-state index in [0.29, 0.717) is 24.6 Å². The Labute approximate surface area is 161 Å². The number of aromatic nitrogens is 2. The van der Waals surface area contributed by atoms with E-state index in [9.17, 15) is 9.90 Å². The Morgan fingerprint density at radius 2 is 1.93 bits per heavy atom. The van der Waals surface area contributed by atoms with E-state index in [2.05, 4.69) is 25.0 Å². The molecule has 2 heterocycles. The zero-order valence-electron chi connectivity index (χ0n) is 16.9. The summed E-state index contributed by atoms with van der Waals surface area (Å²) in [6, 6.07) is 5.88. The molecule has 5 heteroatoms. The number of rotatable bonds is 4. The fraction of sp³-hybridized carbons (Fsp3) is 0.455. The van der Waals surface area contributed by atoms with E-state index >= 15 is 0 Å². The van der Waals surface area contributed by atoms with Crippen LogP contribution in [0.15, 0.2) is 30.5 Å². The molecule has 0 atom stereocenters. The molecule has 1 amide bonds. The van der Waals surface area contributed by atoms with Crippen LogP contribution in [-0.2, 0) is 7.05 Å². The van der Waals surface area contributed by atoms with Crippen LogP contribution >= 0.6 is 0 Å². The number of hydrogen-bond acceptors (Lipinski definition) is 3. The van der Waals surface area contributed by atoms with Crippen molar-refractivity contribution < 1.29 is 9.90 Å². The van der Waals surface area contributed by atoms with Gasteiger partial charge >= 0.3 is 0 Å². The SMILES string of the molecule is CC(C)c1cc(C(=O)N2CC=C(c3ccnn3C)CC2)c(O)c(C(C)C)c1. The van der Waals surface area contributed by atoms with Gasteiger partial charge in [-0.15, -0.1) is 0 Å². The molecule has 0 unspecified atom stereocenters. The first-order chi connectivity index (χ1) is 12.8. The van der Waals surface area contributed by atoms with E-state index in [4.69, 9.17) is 0 Å². The van der Waals surface area contributed by atoms with Gasteiger partial charge in [0.2, 0.25) is 0 Å². The van der Waals surface area contributed by atoms with Crippen molar-refractivity contribution in [1.82, 2.24) is 14.7 Å². The highest BCUT2D eigenvalue weighted by Gasteiger charge is 2.25. The summed E-state index contributed by atoms with van der Waals surface area (Å²) in [6.45, 7) is 9.47. The molecule has 0 bridgehead atoms. The van der Waals surface area contributed by atoms with Gasteiger partial charge in [0.15, 0.2) is 0 Å². The number of phenolic OH excluding ortho intramolecular Hbond substituents is 1. The molecule has 0 radical (unpaired) electrons. The summed E-state index contributed by atoms with van der Waals surface area (Å²) < 4.78 is 1.86. The average molecular weight is 367 g/mol. The Bertz CT molecular complexity index is 878. The molecule has 0 fully saturated rings. The van der Waals surface area contributed by atoms with Crippen molar-refractivity contribution in [2.45, 2.75) is 46.0 Å². The molecule has 0 spiro atoms. The van der Waals surface area contributed by atoms with Gasteiger partial charge in [-0.05, 0) is 47.1 Å². The van der Waals surface area contributed by atoms with Crippen LogP contribution in [0.5, 0.6) is 5.75 Å². The summed E-state index contributed by atoms with van der Waals surface area (Å²) in [6.07, 6.45) is 4.66. The molecule has 1 aliphatic rings. The third-order valence-electron chi connectivity index (χ3n) is 5.33. The Morgan fingerprint density at radius 3 is 2.44 bits per heavy atom. The van der Waals surface area contributed by atoms with Gasteiger partial charge < -0.3 is 10.0 Å². The summed E-state index contributed by atoms with van der Waals surface area (Å²) in [5.41, 5.74) is 4.65. The number of carbonyl (C=O) groups excluding carboxylic acids is 1. The van der Waals surface area contributed by atoms with E-state index in [-0.39, 0.29) is 17.6 Å². The topological polar surface area (TPSA) is 58.4 Å². The highest BCUT2D eigenvalue weighted by Crippen LogP contribution is 2.34. The first-order valence-electron chi connectivity index (χ1n) is 9.63. The van der Waals surface area contributed by atoms with Crippen molar-refractivity contribution in [2.24, 2.45) is 7.05 Å². The normalized spacial score (nSPS) is 14.8. The second-order valence-corrected chi connectivity index (χ2v) is 7.89. The summed E-state index contributed by atoms with van der Waals surface area (Å²) in [4.78, 5) is 15.0. The summed E-state index contributed by atoms with van der Waals surface area (Å²) in [7, 11) is 1.93. The molecule has 0 saturated carbocycles. The molecule has 2 aromatic rings. The van der Waals surface area contributed by atoms with Crippen LogP contribution in [0.2, 0.25) is 0 Å². The molecule has 144 valence electrons. The number of carbonyl (C=O) groups is 1. The molecule has 0 saturated heterocycles. The second kappa shape index (κ2) is 7.59. The van der Waals surface area contributed by atoms with E-state index in [0.717, 1.165) is 23.2 Å². The second-order valence-electron chi connectivity index (χ2n) is 7.89. The summed E-state index contributed by atoms with van der Waals surface area (Å²) in [5.74, 6) is 0.485. The maximum absolute atomic E-state index is 13.1. The molecule has 1 N–H and O–H groups in total. The van der Waals surface area contributed by atoms with Crippen LogP contribution in [0.4, 0.5) is 0 Å². The van der Waals surface area contributed by atoms with Gasteiger partial charge in [0.25, 0.3) is 5.91 Å². The highest BCUT2D eigenvalue weighted by atomic mass is 16.3. The molecule has 3 rings (SSSR count). The van der Waals surface area contributed by atoms with Crippen LogP contribution in [0.3, 0.4) is 0 Å².